The average Bonchev–Trinajstić information content (AvgIpc) is 3.50. The van der Waals surface area contributed by atoms with Crippen molar-refractivity contribution in [2.45, 2.75) is 0 Å². The lowest BCUT2D eigenvalue weighted by atomic mass is 10.0. The molecule has 3 heterocycles. The fourth-order valence-electron chi connectivity index (χ4n) is 5.01. The lowest BCUT2D eigenvalue weighted by Crippen LogP contribution is -2.44. The molecule has 0 saturated carbocycles. The number of ketones is 1. The maximum absolute atomic E-state index is 13.7. The second-order valence-corrected chi connectivity index (χ2v) is 9.53. The van der Waals surface area contributed by atoms with Crippen molar-refractivity contribution in [3.05, 3.63) is 78.0 Å². The minimum Gasteiger partial charge on any atom is -0.369 e. The first-order chi connectivity index (χ1) is 18.5. The number of fused-ring (bicyclic) bond motifs is 3. The number of H-pyrrole nitrogens is 1. The number of aromatic nitrogens is 3. The lowest BCUT2D eigenvalue weighted by molar-refractivity contribution is 0.104. The Balaban J connectivity index is 1.22. The number of rotatable bonds is 5. The molecule has 6 rings (SSSR count). The zero-order chi connectivity index (χ0) is 26.2. The highest BCUT2D eigenvalue weighted by atomic mass is 16.2. The summed E-state index contributed by atoms with van der Waals surface area (Å²) in [6.45, 7) is 4.05. The molecule has 10 nitrogen and oxygen atoms in total. The summed E-state index contributed by atoms with van der Waals surface area (Å²) in [5, 5.41) is 11.9. The first kappa shape index (κ1) is 23.7. The number of pyridine rings is 1. The van der Waals surface area contributed by atoms with Crippen molar-refractivity contribution in [1.82, 2.24) is 25.5 Å². The van der Waals surface area contributed by atoms with Gasteiger partial charge in [0.1, 0.15) is 11.5 Å². The molecule has 2 amide bonds. The monoisotopic (exact) mass is 508 g/mol. The van der Waals surface area contributed by atoms with E-state index >= 15 is 0 Å². The zero-order valence-corrected chi connectivity index (χ0v) is 21.2. The number of nitrogens with one attached hydrogen (secondary N) is 3. The van der Waals surface area contributed by atoms with Crippen molar-refractivity contribution in [3.63, 3.8) is 0 Å². The molecule has 4 aromatic rings. The van der Waals surface area contributed by atoms with Crippen LogP contribution >= 0.6 is 0 Å². The fourth-order valence-corrected chi connectivity index (χ4v) is 5.01. The molecule has 0 spiro atoms. The third-order valence-electron chi connectivity index (χ3n) is 7.07. The van der Waals surface area contributed by atoms with Crippen LogP contribution in [-0.2, 0) is 0 Å². The van der Waals surface area contributed by atoms with Gasteiger partial charge in [-0.2, -0.15) is 5.10 Å². The van der Waals surface area contributed by atoms with Gasteiger partial charge in [0.25, 0.3) is 0 Å². The minimum atomic E-state index is -0.479. The van der Waals surface area contributed by atoms with E-state index in [4.69, 9.17) is 0 Å². The number of aromatic amines is 1. The number of piperazine rings is 1. The molecule has 38 heavy (non-hydrogen) atoms. The Bertz CT molecular complexity index is 1490. The molecule has 1 fully saturated rings. The number of carbonyl (C=O) groups is 2. The Morgan fingerprint density at radius 2 is 1.76 bits per heavy atom. The van der Waals surface area contributed by atoms with Crippen LogP contribution in [0.4, 0.5) is 22.0 Å². The second kappa shape index (κ2) is 9.64. The Kier molecular flexibility index (Phi) is 6.01. The number of nitrogens with zero attached hydrogens (tertiary/aromatic N) is 5. The Morgan fingerprint density at radius 3 is 2.50 bits per heavy atom. The van der Waals surface area contributed by atoms with Crippen LogP contribution in [0.3, 0.4) is 0 Å². The van der Waals surface area contributed by atoms with Crippen molar-refractivity contribution in [1.29, 1.82) is 0 Å². The number of hydrogen-bond donors (Lipinski definition) is 3. The molecule has 0 atom stereocenters. The van der Waals surface area contributed by atoms with Gasteiger partial charge >= 0.3 is 6.03 Å². The molecule has 1 aliphatic carbocycles. The second-order valence-electron chi connectivity index (χ2n) is 9.53. The quantitative estimate of drug-likeness (QED) is 0.311. The molecule has 3 N–H and O–H groups in total. The van der Waals surface area contributed by atoms with Crippen LogP contribution in [0.5, 0.6) is 0 Å². The number of likely N-dealkylation sites (N-methyl/N-ethyl adjacent to an activating group) is 1. The zero-order valence-electron chi connectivity index (χ0n) is 21.2. The topological polar surface area (TPSA) is 109 Å². The van der Waals surface area contributed by atoms with Gasteiger partial charge in [-0.05, 0) is 37.4 Å². The maximum atomic E-state index is 13.7. The van der Waals surface area contributed by atoms with Crippen LogP contribution in [0.15, 0.2) is 66.9 Å². The van der Waals surface area contributed by atoms with Gasteiger partial charge in [0.05, 0.1) is 22.5 Å². The molecule has 2 aliphatic rings. The predicted octanol–water partition coefficient (Wildman–Crippen LogP) is 3.61. The maximum Gasteiger partial charge on any atom is 0.338 e. The molecule has 0 unspecified atom stereocenters. The highest BCUT2D eigenvalue weighted by molar-refractivity contribution is 6.26. The predicted molar refractivity (Wildman–Crippen MR) is 147 cm³/mol. The van der Waals surface area contributed by atoms with Crippen LogP contribution in [-0.4, -0.2) is 72.2 Å². The third-order valence-corrected chi connectivity index (χ3v) is 7.07. The normalized spacial score (nSPS) is 14.7. The standard InChI is InChI=1S/C28H28N8O2/c1-34-14-16-36(17-15-34)19-11-9-18(10-12-19)25-24-26(32-31-25)20-6-5-7-21(23(20)27(24)37)30-28(38)33-35(2)22-8-3-4-13-29-22/h3-13H,14-17H2,1-2H3,(H,31,32)(H2,30,33,38). The lowest BCUT2D eigenvalue weighted by Gasteiger charge is -2.34. The van der Waals surface area contributed by atoms with E-state index in [0.717, 1.165) is 37.4 Å². The van der Waals surface area contributed by atoms with Crippen LogP contribution in [0.2, 0.25) is 0 Å². The number of hydrazine groups is 1. The number of benzene rings is 2. The molecular weight excluding hydrogens is 480 g/mol. The smallest absolute Gasteiger partial charge is 0.338 e. The summed E-state index contributed by atoms with van der Waals surface area (Å²) < 4.78 is 0. The Hall–Kier alpha value is -4.70. The first-order valence-electron chi connectivity index (χ1n) is 12.5. The molecule has 2 aromatic heterocycles. The van der Waals surface area contributed by atoms with E-state index in [9.17, 15) is 9.59 Å². The SMILES string of the molecule is CN1CCN(c2ccc(-c3n[nH]c4c3C(=O)c3c(NC(=O)NN(C)c5ccccn5)cccc3-4)cc2)CC1. The van der Waals surface area contributed by atoms with E-state index in [1.54, 1.807) is 31.4 Å². The largest absolute Gasteiger partial charge is 0.369 e. The molecule has 0 radical (unpaired) electrons. The van der Waals surface area contributed by atoms with E-state index in [1.165, 1.54) is 5.01 Å². The van der Waals surface area contributed by atoms with Crippen molar-refractivity contribution in [2.24, 2.45) is 0 Å². The molecule has 192 valence electrons. The van der Waals surface area contributed by atoms with Gasteiger partial charge in [0.15, 0.2) is 5.78 Å². The number of hydrogen-bond acceptors (Lipinski definition) is 7. The van der Waals surface area contributed by atoms with E-state index in [-0.39, 0.29) is 5.78 Å². The van der Waals surface area contributed by atoms with Crippen molar-refractivity contribution >= 4 is 29.0 Å². The van der Waals surface area contributed by atoms with Crippen LogP contribution < -0.4 is 20.7 Å². The molecular formula is C28H28N8O2. The van der Waals surface area contributed by atoms with Gasteiger partial charge in [-0.25, -0.2) is 15.2 Å². The molecule has 1 saturated heterocycles. The van der Waals surface area contributed by atoms with E-state index in [1.807, 2.05) is 30.3 Å². The van der Waals surface area contributed by atoms with Gasteiger partial charge in [0.2, 0.25) is 0 Å². The summed E-state index contributed by atoms with van der Waals surface area (Å²) >= 11 is 0. The Labute approximate surface area is 220 Å². The van der Waals surface area contributed by atoms with Gasteiger partial charge in [-0.1, -0.05) is 30.3 Å². The van der Waals surface area contributed by atoms with E-state index in [0.29, 0.717) is 39.6 Å². The highest BCUT2D eigenvalue weighted by Gasteiger charge is 2.35. The summed E-state index contributed by atoms with van der Waals surface area (Å²) in [5.41, 5.74) is 8.14. The fraction of sp³-hybridized carbons (Fsp3) is 0.214. The van der Waals surface area contributed by atoms with Crippen molar-refractivity contribution in [2.75, 3.05) is 55.5 Å². The average molecular weight is 509 g/mol. The van der Waals surface area contributed by atoms with Crippen molar-refractivity contribution in [3.8, 4) is 22.5 Å². The van der Waals surface area contributed by atoms with Crippen LogP contribution in [0.1, 0.15) is 15.9 Å². The Morgan fingerprint density at radius 1 is 0.974 bits per heavy atom. The summed E-state index contributed by atoms with van der Waals surface area (Å²) in [6, 6.07) is 18.5. The summed E-state index contributed by atoms with van der Waals surface area (Å²) in [6.07, 6.45) is 1.65. The van der Waals surface area contributed by atoms with Crippen LogP contribution in [0.25, 0.3) is 22.5 Å². The third kappa shape index (κ3) is 4.24. The van der Waals surface area contributed by atoms with Gasteiger partial charge in [0, 0.05) is 56.2 Å². The number of urea groups is 1. The van der Waals surface area contributed by atoms with Crippen molar-refractivity contribution < 1.29 is 9.59 Å². The van der Waals surface area contributed by atoms with Gasteiger partial charge in [-0.15, -0.1) is 0 Å². The summed E-state index contributed by atoms with van der Waals surface area (Å²) in [4.78, 5) is 35.3. The summed E-state index contributed by atoms with van der Waals surface area (Å²) in [5.74, 6) is 0.414. The highest BCUT2D eigenvalue weighted by Crippen LogP contribution is 2.43. The van der Waals surface area contributed by atoms with Gasteiger partial charge in [-0.3, -0.25) is 14.9 Å². The molecule has 0 bridgehead atoms. The minimum absolute atomic E-state index is 0.170. The number of amides is 2. The van der Waals surface area contributed by atoms with E-state index in [2.05, 4.69) is 54.9 Å². The van der Waals surface area contributed by atoms with E-state index < -0.39 is 6.03 Å². The molecule has 1 aliphatic heterocycles. The number of carbonyl (C=O) groups excluding carboxylic acids is 2. The first-order valence-corrected chi connectivity index (χ1v) is 12.5. The molecule has 10 heteroatoms. The number of anilines is 3. The summed E-state index contributed by atoms with van der Waals surface area (Å²) in [7, 11) is 3.84. The van der Waals surface area contributed by atoms with Gasteiger partial charge < -0.3 is 15.1 Å². The van der Waals surface area contributed by atoms with Crippen LogP contribution in [0, 0.1) is 0 Å². The molecule has 2 aromatic carbocycles.